The lowest BCUT2D eigenvalue weighted by molar-refractivity contribution is -0.0585. The first-order valence-electron chi connectivity index (χ1n) is 8.30. The molecule has 0 spiro atoms. The zero-order chi connectivity index (χ0) is 17.2. The topological polar surface area (TPSA) is 37.3 Å². The highest BCUT2D eigenvalue weighted by Crippen LogP contribution is 2.35. The molecule has 0 saturated heterocycles. The van der Waals surface area contributed by atoms with Gasteiger partial charge in [0.2, 0.25) is 0 Å². The number of benzene rings is 1. The number of hydrogen-bond donors (Lipinski definition) is 1. The molecule has 1 N–H and O–H groups in total. The van der Waals surface area contributed by atoms with Crippen LogP contribution in [0.3, 0.4) is 0 Å². The number of para-hydroxylation sites is 1. The Hall–Kier alpha value is -2.11. The number of hydrogen-bond acceptors (Lipinski definition) is 3. The van der Waals surface area contributed by atoms with Crippen molar-refractivity contribution >= 4 is 22.3 Å². The Morgan fingerprint density at radius 1 is 1.12 bits per heavy atom. The zero-order valence-corrected chi connectivity index (χ0v) is 13.5. The van der Waals surface area contributed by atoms with Crippen molar-refractivity contribution in [3.05, 3.63) is 36.0 Å². The van der Waals surface area contributed by atoms with Crippen LogP contribution < -0.4 is 5.32 Å². The third kappa shape index (κ3) is 3.37. The van der Waals surface area contributed by atoms with Crippen LogP contribution in [0.1, 0.15) is 44.6 Å². The van der Waals surface area contributed by atoms with E-state index in [-0.39, 0.29) is 5.56 Å². The minimum absolute atomic E-state index is 0.0333. The summed E-state index contributed by atoms with van der Waals surface area (Å²) in [7, 11) is 0. The second-order valence-corrected chi connectivity index (χ2v) is 6.05. The van der Waals surface area contributed by atoms with Gasteiger partial charge in [0.1, 0.15) is 6.17 Å². The summed E-state index contributed by atoms with van der Waals surface area (Å²) in [5.41, 5.74) is 0.376. The predicted molar refractivity (Wildman–Crippen MR) is 90.5 cm³/mol. The molecule has 1 aliphatic rings. The first kappa shape index (κ1) is 16.7. The van der Waals surface area contributed by atoms with Crippen molar-refractivity contribution in [3.63, 3.8) is 0 Å². The molecule has 1 aromatic heterocycles. The molecule has 0 amide bonds. The Kier molecular flexibility index (Phi) is 4.73. The van der Waals surface area contributed by atoms with Crippen LogP contribution in [0.2, 0.25) is 0 Å². The molecule has 1 atom stereocenters. The number of halogens is 3. The summed E-state index contributed by atoms with van der Waals surface area (Å²) in [6.07, 6.45) is 0.883. The molecule has 1 unspecified atom stereocenters. The van der Waals surface area contributed by atoms with E-state index in [1.807, 2.05) is 6.07 Å². The van der Waals surface area contributed by atoms with E-state index < -0.39 is 18.1 Å². The standard InChI is InChI=1S/C18H20F3N3/c1-2-3-4-5-10-15-23-16-12-8-6-7-9-14(12)22-11-13(16)17(24-15)18(19,20)21/h6-9,11,15,23H,2-5,10H2,1H3. The second kappa shape index (κ2) is 6.79. The van der Waals surface area contributed by atoms with Crippen molar-refractivity contribution in [2.75, 3.05) is 5.32 Å². The van der Waals surface area contributed by atoms with Crippen molar-refractivity contribution < 1.29 is 13.2 Å². The molecule has 2 aromatic rings. The average molecular weight is 335 g/mol. The lowest BCUT2D eigenvalue weighted by Crippen LogP contribution is -2.34. The minimum Gasteiger partial charge on any atom is -0.363 e. The molecular weight excluding hydrogens is 315 g/mol. The fourth-order valence-corrected chi connectivity index (χ4v) is 3.03. The third-order valence-corrected chi connectivity index (χ3v) is 4.23. The molecule has 1 aliphatic heterocycles. The van der Waals surface area contributed by atoms with Crippen LogP contribution in [0.25, 0.3) is 10.9 Å². The van der Waals surface area contributed by atoms with Crippen LogP contribution in [-0.2, 0) is 0 Å². The summed E-state index contributed by atoms with van der Waals surface area (Å²) in [6, 6.07) is 7.22. The fourth-order valence-electron chi connectivity index (χ4n) is 3.03. The Bertz CT molecular complexity index is 753. The van der Waals surface area contributed by atoms with Crippen molar-refractivity contribution in [1.82, 2.24) is 4.98 Å². The lowest BCUT2D eigenvalue weighted by Gasteiger charge is -2.27. The van der Waals surface area contributed by atoms with Crippen LogP contribution in [0, 0.1) is 0 Å². The summed E-state index contributed by atoms with van der Waals surface area (Å²) in [4.78, 5) is 8.09. The number of rotatable bonds is 5. The van der Waals surface area contributed by atoms with Crippen molar-refractivity contribution in [3.8, 4) is 0 Å². The highest BCUT2D eigenvalue weighted by atomic mass is 19.4. The van der Waals surface area contributed by atoms with E-state index in [0.717, 1.165) is 25.7 Å². The molecular formula is C18H20F3N3. The fraction of sp³-hybridized carbons (Fsp3) is 0.444. The van der Waals surface area contributed by atoms with Gasteiger partial charge in [0, 0.05) is 17.1 Å². The molecule has 0 aliphatic carbocycles. The maximum absolute atomic E-state index is 13.5. The summed E-state index contributed by atoms with van der Waals surface area (Å²) >= 11 is 0. The van der Waals surface area contributed by atoms with Gasteiger partial charge < -0.3 is 5.32 Å². The quantitative estimate of drug-likeness (QED) is 0.752. The average Bonchev–Trinajstić information content (AvgIpc) is 2.57. The number of aromatic nitrogens is 1. The number of nitrogens with zero attached hydrogens (tertiary/aromatic N) is 2. The van der Waals surface area contributed by atoms with Gasteiger partial charge in [-0.2, -0.15) is 13.2 Å². The molecule has 0 fully saturated rings. The van der Waals surface area contributed by atoms with Gasteiger partial charge in [-0.3, -0.25) is 9.98 Å². The molecule has 6 heteroatoms. The molecule has 3 rings (SSSR count). The first-order chi connectivity index (χ1) is 11.5. The van der Waals surface area contributed by atoms with E-state index in [0.29, 0.717) is 23.0 Å². The monoisotopic (exact) mass is 335 g/mol. The van der Waals surface area contributed by atoms with E-state index in [1.54, 1.807) is 18.2 Å². The Balaban J connectivity index is 1.97. The smallest absolute Gasteiger partial charge is 0.363 e. The number of nitrogens with one attached hydrogen (secondary N) is 1. The molecule has 0 saturated carbocycles. The minimum atomic E-state index is -4.48. The van der Waals surface area contributed by atoms with Gasteiger partial charge in [0.25, 0.3) is 0 Å². The van der Waals surface area contributed by atoms with Gasteiger partial charge in [-0.25, -0.2) is 0 Å². The van der Waals surface area contributed by atoms with E-state index in [4.69, 9.17) is 0 Å². The van der Waals surface area contributed by atoms with E-state index in [1.165, 1.54) is 6.20 Å². The van der Waals surface area contributed by atoms with Crippen molar-refractivity contribution in [2.45, 2.75) is 51.4 Å². The predicted octanol–water partition coefficient (Wildman–Crippen LogP) is 5.31. The Morgan fingerprint density at radius 2 is 1.92 bits per heavy atom. The third-order valence-electron chi connectivity index (χ3n) is 4.23. The lowest BCUT2D eigenvalue weighted by atomic mass is 10.0. The van der Waals surface area contributed by atoms with Crippen LogP contribution in [-0.4, -0.2) is 23.0 Å². The van der Waals surface area contributed by atoms with Crippen LogP contribution in [0.15, 0.2) is 35.5 Å². The highest BCUT2D eigenvalue weighted by Gasteiger charge is 2.41. The largest absolute Gasteiger partial charge is 0.433 e. The molecule has 128 valence electrons. The number of pyridine rings is 1. The van der Waals surface area contributed by atoms with Gasteiger partial charge in [-0.15, -0.1) is 0 Å². The Morgan fingerprint density at radius 3 is 2.67 bits per heavy atom. The van der Waals surface area contributed by atoms with E-state index in [9.17, 15) is 13.2 Å². The van der Waals surface area contributed by atoms with Crippen LogP contribution in [0.5, 0.6) is 0 Å². The number of alkyl halides is 3. The van der Waals surface area contributed by atoms with Crippen molar-refractivity contribution in [2.24, 2.45) is 4.99 Å². The maximum Gasteiger partial charge on any atom is 0.433 e. The summed E-state index contributed by atoms with van der Waals surface area (Å²) < 4.78 is 40.4. The van der Waals surface area contributed by atoms with Crippen LogP contribution >= 0.6 is 0 Å². The molecule has 2 heterocycles. The summed E-state index contributed by atoms with van der Waals surface area (Å²) in [5, 5.41) is 3.89. The summed E-state index contributed by atoms with van der Waals surface area (Å²) in [6.45, 7) is 2.11. The molecule has 0 bridgehead atoms. The Labute approximate surface area is 139 Å². The molecule has 3 nitrogen and oxygen atoms in total. The van der Waals surface area contributed by atoms with Gasteiger partial charge >= 0.3 is 6.18 Å². The van der Waals surface area contributed by atoms with Gasteiger partial charge in [0.05, 0.1) is 11.2 Å². The highest BCUT2D eigenvalue weighted by molar-refractivity contribution is 6.14. The SMILES string of the molecule is CCCCCCC1N=C(C(F)(F)F)c2cnc3ccccc3c2N1. The second-order valence-electron chi connectivity index (χ2n) is 6.05. The zero-order valence-electron chi connectivity index (χ0n) is 13.5. The van der Waals surface area contributed by atoms with E-state index >= 15 is 0 Å². The molecule has 1 aromatic carbocycles. The van der Waals surface area contributed by atoms with Gasteiger partial charge in [0.15, 0.2) is 5.71 Å². The summed E-state index contributed by atoms with van der Waals surface area (Å²) in [5.74, 6) is 0. The van der Waals surface area contributed by atoms with Crippen LogP contribution in [0.4, 0.5) is 18.9 Å². The van der Waals surface area contributed by atoms with E-state index in [2.05, 4.69) is 22.2 Å². The number of unbranched alkanes of at least 4 members (excludes halogenated alkanes) is 3. The number of aliphatic imine (C=N–C) groups is 1. The number of anilines is 1. The van der Waals surface area contributed by atoms with Gasteiger partial charge in [-0.05, 0) is 18.9 Å². The van der Waals surface area contributed by atoms with Crippen molar-refractivity contribution in [1.29, 1.82) is 0 Å². The molecule has 0 radical (unpaired) electrons. The molecule has 24 heavy (non-hydrogen) atoms. The normalized spacial score (nSPS) is 17.3. The van der Waals surface area contributed by atoms with Gasteiger partial charge in [-0.1, -0.05) is 44.4 Å². The number of fused-ring (bicyclic) bond motifs is 3. The maximum atomic E-state index is 13.5. The first-order valence-corrected chi connectivity index (χ1v) is 8.30.